The lowest BCUT2D eigenvalue weighted by Crippen LogP contribution is -2.34. The summed E-state index contributed by atoms with van der Waals surface area (Å²) in [4.78, 5) is 14.2. The molecule has 0 radical (unpaired) electrons. The van der Waals surface area contributed by atoms with Crippen LogP contribution < -0.4 is 5.32 Å². The Balaban J connectivity index is 1.70. The predicted molar refractivity (Wildman–Crippen MR) is 73.2 cm³/mol. The van der Waals surface area contributed by atoms with Crippen LogP contribution in [-0.4, -0.2) is 42.7 Å². The van der Waals surface area contributed by atoms with Crippen LogP contribution in [0.3, 0.4) is 0 Å². The third kappa shape index (κ3) is 3.80. The Hall–Kier alpha value is -0.910. The van der Waals surface area contributed by atoms with Crippen molar-refractivity contribution >= 4 is 17.3 Å². The first-order valence-corrected chi connectivity index (χ1v) is 7.23. The molecule has 100 valence electrons. The van der Waals surface area contributed by atoms with Gasteiger partial charge in [0.15, 0.2) is 0 Å². The number of carboxylic acid groups (broad SMARTS) is 1. The van der Waals surface area contributed by atoms with Crippen molar-refractivity contribution in [2.24, 2.45) is 5.92 Å². The lowest BCUT2D eigenvalue weighted by Gasteiger charge is -2.28. The number of carboxylic acids is 1. The van der Waals surface area contributed by atoms with Gasteiger partial charge in [0.05, 0.1) is 5.56 Å². The number of thiophene rings is 1. The van der Waals surface area contributed by atoms with Crippen LogP contribution in [0.4, 0.5) is 0 Å². The highest BCUT2D eigenvalue weighted by Crippen LogP contribution is 2.17. The first-order valence-electron chi connectivity index (χ1n) is 6.35. The van der Waals surface area contributed by atoms with Crippen molar-refractivity contribution < 1.29 is 9.90 Å². The van der Waals surface area contributed by atoms with E-state index in [1.54, 1.807) is 11.4 Å². The molecule has 0 atom stereocenters. The fourth-order valence-corrected chi connectivity index (χ4v) is 3.08. The molecule has 2 rings (SSSR count). The maximum atomic E-state index is 10.7. The summed E-state index contributed by atoms with van der Waals surface area (Å²) in [5, 5.41) is 14.0. The van der Waals surface area contributed by atoms with E-state index in [9.17, 15) is 4.79 Å². The van der Waals surface area contributed by atoms with Crippen molar-refractivity contribution in [1.82, 2.24) is 10.2 Å². The van der Waals surface area contributed by atoms with Crippen molar-refractivity contribution in [2.45, 2.75) is 19.4 Å². The molecule has 1 aromatic heterocycles. The van der Waals surface area contributed by atoms with Gasteiger partial charge in [-0.2, -0.15) is 0 Å². The van der Waals surface area contributed by atoms with Crippen LogP contribution in [0.5, 0.6) is 0 Å². The second kappa shape index (κ2) is 6.31. The largest absolute Gasteiger partial charge is 0.478 e. The zero-order chi connectivity index (χ0) is 13.0. The van der Waals surface area contributed by atoms with E-state index in [0.29, 0.717) is 5.56 Å². The third-order valence-corrected chi connectivity index (χ3v) is 4.41. The summed E-state index contributed by atoms with van der Waals surface area (Å²) in [5.74, 6) is -0.0760. The molecule has 0 bridgehead atoms. The van der Waals surface area contributed by atoms with Crippen molar-refractivity contribution in [3.63, 3.8) is 0 Å². The van der Waals surface area contributed by atoms with Crippen LogP contribution in [0, 0.1) is 5.92 Å². The Morgan fingerprint density at radius 2 is 2.28 bits per heavy atom. The molecule has 0 aliphatic carbocycles. The van der Waals surface area contributed by atoms with Gasteiger partial charge in [0.1, 0.15) is 0 Å². The highest BCUT2D eigenvalue weighted by molar-refractivity contribution is 7.10. The number of nitrogens with one attached hydrogen (secondary N) is 1. The fourth-order valence-electron chi connectivity index (χ4n) is 2.25. The molecule has 1 aliphatic rings. The Morgan fingerprint density at radius 1 is 1.56 bits per heavy atom. The first kappa shape index (κ1) is 13.5. The van der Waals surface area contributed by atoms with Gasteiger partial charge in [0.2, 0.25) is 0 Å². The lowest BCUT2D eigenvalue weighted by molar-refractivity contribution is 0.0697. The van der Waals surface area contributed by atoms with Crippen LogP contribution in [-0.2, 0) is 6.54 Å². The number of nitrogens with zero attached hydrogens (tertiary/aromatic N) is 1. The Labute approximate surface area is 112 Å². The molecule has 4 nitrogen and oxygen atoms in total. The van der Waals surface area contributed by atoms with Gasteiger partial charge in [-0.3, -0.25) is 0 Å². The zero-order valence-electron chi connectivity index (χ0n) is 10.7. The second-order valence-corrected chi connectivity index (χ2v) is 5.98. The van der Waals surface area contributed by atoms with E-state index >= 15 is 0 Å². The molecule has 1 aliphatic heterocycles. The molecule has 0 aromatic carbocycles. The quantitative estimate of drug-likeness (QED) is 0.856. The van der Waals surface area contributed by atoms with Crippen LogP contribution in [0.15, 0.2) is 11.4 Å². The average Bonchev–Trinajstić information content (AvgIpc) is 2.81. The number of aromatic carboxylic acids is 1. The summed E-state index contributed by atoms with van der Waals surface area (Å²) in [7, 11) is 2.17. The molecule has 18 heavy (non-hydrogen) atoms. The van der Waals surface area contributed by atoms with Crippen LogP contribution in [0.1, 0.15) is 28.1 Å². The number of carbonyl (C=O) groups is 1. The van der Waals surface area contributed by atoms with Crippen molar-refractivity contribution in [2.75, 3.05) is 26.7 Å². The molecule has 0 amide bonds. The summed E-state index contributed by atoms with van der Waals surface area (Å²) in [5.41, 5.74) is 0.399. The Morgan fingerprint density at radius 3 is 2.89 bits per heavy atom. The summed E-state index contributed by atoms with van der Waals surface area (Å²) in [6, 6.07) is 1.76. The van der Waals surface area contributed by atoms with Gasteiger partial charge in [0.25, 0.3) is 0 Å². The topological polar surface area (TPSA) is 52.6 Å². The predicted octanol–water partition coefficient (Wildman–Crippen LogP) is 1.88. The van der Waals surface area contributed by atoms with Crippen LogP contribution >= 0.6 is 11.3 Å². The van der Waals surface area contributed by atoms with Crippen molar-refractivity contribution in [1.29, 1.82) is 0 Å². The van der Waals surface area contributed by atoms with Gasteiger partial charge in [-0.05, 0) is 51.5 Å². The maximum absolute atomic E-state index is 10.7. The summed E-state index contributed by atoms with van der Waals surface area (Å²) in [6.45, 7) is 4.20. The van der Waals surface area contributed by atoms with E-state index in [0.717, 1.165) is 23.9 Å². The molecule has 2 heterocycles. The Kier molecular flexibility index (Phi) is 4.74. The molecule has 0 unspecified atom stereocenters. The van der Waals surface area contributed by atoms with E-state index in [-0.39, 0.29) is 0 Å². The molecule has 2 N–H and O–H groups in total. The molecule has 1 aromatic rings. The van der Waals surface area contributed by atoms with Gasteiger partial charge in [-0.25, -0.2) is 4.79 Å². The van der Waals surface area contributed by atoms with Crippen molar-refractivity contribution in [3.05, 3.63) is 21.9 Å². The highest BCUT2D eigenvalue weighted by Gasteiger charge is 2.16. The Bertz CT molecular complexity index is 397. The third-order valence-electron chi connectivity index (χ3n) is 3.47. The lowest BCUT2D eigenvalue weighted by atomic mass is 9.97. The summed E-state index contributed by atoms with van der Waals surface area (Å²) >= 11 is 1.51. The number of rotatable bonds is 5. The average molecular weight is 268 g/mol. The minimum atomic E-state index is -0.840. The van der Waals surface area contributed by atoms with Gasteiger partial charge in [0, 0.05) is 16.8 Å². The zero-order valence-corrected chi connectivity index (χ0v) is 11.5. The number of likely N-dealkylation sites (tertiary alicyclic amines) is 1. The summed E-state index contributed by atoms with van der Waals surface area (Å²) in [6.07, 6.45) is 2.52. The smallest absolute Gasteiger partial charge is 0.336 e. The maximum Gasteiger partial charge on any atom is 0.336 e. The van der Waals surface area contributed by atoms with Crippen LogP contribution in [0.2, 0.25) is 0 Å². The van der Waals surface area contributed by atoms with Crippen molar-refractivity contribution in [3.8, 4) is 0 Å². The normalized spacial score (nSPS) is 18.1. The van der Waals surface area contributed by atoms with E-state index in [1.165, 1.54) is 37.3 Å². The molecular weight excluding hydrogens is 248 g/mol. The van der Waals surface area contributed by atoms with Gasteiger partial charge < -0.3 is 15.3 Å². The van der Waals surface area contributed by atoms with Crippen LogP contribution in [0.25, 0.3) is 0 Å². The standard InChI is InChI=1S/C13H20N2O2S/c1-15-4-2-10(3-5-15)7-14-8-12-6-11(9-18-12)13(16)17/h6,9-10,14H,2-5,7-8H2,1H3,(H,16,17). The highest BCUT2D eigenvalue weighted by atomic mass is 32.1. The van der Waals surface area contributed by atoms with E-state index in [2.05, 4.69) is 17.3 Å². The summed E-state index contributed by atoms with van der Waals surface area (Å²) < 4.78 is 0. The minimum Gasteiger partial charge on any atom is -0.478 e. The second-order valence-electron chi connectivity index (χ2n) is 4.98. The molecule has 5 heteroatoms. The SMILES string of the molecule is CN1CCC(CNCc2cc(C(=O)O)cs2)CC1. The van der Waals surface area contributed by atoms with Gasteiger partial charge in [-0.15, -0.1) is 11.3 Å². The molecular formula is C13H20N2O2S. The van der Waals surface area contributed by atoms with Gasteiger partial charge >= 0.3 is 5.97 Å². The van der Waals surface area contributed by atoms with E-state index < -0.39 is 5.97 Å². The fraction of sp³-hybridized carbons (Fsp3) is 0.615. The van der Waals surface area contributed by atoms with Gasteiger partial charge in [-0.1, -0.05) is 0 Å². The monoisotopic (exact) mass is 268 g/mol. The molecule has 1 saturated heterocycles. The number of piperidine rings is 1. The molecule has 0 spiro atoms. The van der Waals surface area contributed by atoms with E-state index in [1.807, 2.05) is 0 Å². The minimum absolute atomic E-state index is 0.399. The number of hydrogen-bond donors (Lipinski definition) is 2. The molecule has 1 fully saturated rings. The number of hydrogen-bond acceptors (Lipinski definition) is 4. The first-order chi connectivity index (χ1) is 8.65. The van der Waals surface area contributed by atoms with E-state index in [4.69, 9.17) is 5.11 Å². The molecule has 0 saturated carbocycles.